The fourth-order valence-corrected chi connectivity index (χ4v) is 2.69. The molecule has 0 heterocycles. The lowest BCUT2D eigenvalue weighted by atomic mass is 10.0. The van der Waals surface area contributed by atoms with Crippen LogP contribution in [0.2, 0.25) is 0 Å². The van der Waals surface area contributed by atoms with Gasteiger partial charge in [-0.3, -0.25) is 0 Å². The summed E-state index contributed by atoms with van der Waals surface area (Å²) >= 11 is 12.0. The Bertz CT molecular complexity index is 266. The van der Waals surface area contributed by atoms with Crippen molar-refractivity contribution in [3.63, 3.8) is 0 Å². The average molecular weight is 205 g/mol. The predicted octanol–water partition coefficient (Wildman–Crippen LogP) is 3.93. The van der Waals surface area contributed by atoms with E-state index in [2.05, 4.69) is 27.7 Å². The summed E-state index contributed by atoms with van der Waals surface area (Å²) in [6.45, 7) is 9.05. The van der Waals surface area contributed by atoms with Gasteiger partial charge in [0.15, 0.2) is 0 Å². The lowest BCUT2D eigenvalue weighted by molar-refractivity contribution is 0.457. The van der Waals surface area contributed by atoms with E-state index in [1.54, 1.807) is 0 Å². The van der Waals surface area contributed by atoms with Gasteiger partial charge in [-0.25, -0.2) is 0 Å². The minimum absolute atomic E-state index is 0.313. The molecular weight excluding hydrogens is 191 g/mol. The Morgan fingerprint density at radius 3 is 1.42 bits per heavy atom. The molecular formula is C10H14Cl2. The fourth-order valence-electron chi connectivity index (χ4n) is 2.23. The number of allylic oxidation sites excluding steroid dienone is 2. The first-order valence-electron chi connectivity index (χ1n) is 4.34. The van der Waals surface area contributed by atoms with Gasteiger partial charge in [-0.1, -0.05) is 56.5 Å². The molecule has 2 saturated carbocycles. The minimum Gasteiger partial charge on any atom is -0.0963 e. The molecule has 0 nitrogen and oxygen atoms in total. The van der Waals surface area contributed by atoms with Gasteiger partial charge in [0.05, 0.1) is 0 Å². The van der Waals surface area contributed by atoms with Crippen LogP contribution in [0.15, 0.2) is 11.1 Å². The van der Waals surface area contributed by atoms with E-state index < -0.39 is 4.33 Å². The molecule has 2 rings (SSSR count). The molecule has 0 aliphatic heterocycles. The van der Waals surface area contributed by atoms with E-state index in [9.17, 15) is 0 Å². The third-order valence-electron chi connectivity index (χ3n) is 3.77. The molecule has 0 aromatic rings. The maximum Gasteiger partial charge on any atom is 0.143 e. The number of rotatable bonds is 0. The summed E-state index contributed by atoms with van der Waals surface area (Å²) in [6, 6.07) is 0. The highest BCUT2D eigenvalue weighted by Crippen LogP contribution is 2.74. The zero-order valence-corrected chi connectivity index (χ0v) is 9.47. The van der Waals surface area contributed by atoms with Crippen LogP contribution in [0.4, 0.5) is 0 Å². The Morgan fingerprint density at radius 1 is 1.00 bits per heavy atom. The molecule has 0 radical (unpaired) electrons. The Morgan fingerprint density at radius 2 is 1.33 bits per heavy atom. The summed E-state index contributed by atoms with van der Waals surface area (Å²) in [4.78, 5) is 0. The van der Waals surface area contributed by atoms with Gasteiger partial charge in [-0.2, -0.15) is 0 Å². The maximum atomic E-state index is 6.00. The number of hydrogen-bond acceptors (Lipinski definition) is 0. The summed E-state index contributed by atoms with van der Waals surface area (Å²) in [5.41, 5.74) is 3.39. The standard InChI is InChI=1S/C10H14Cl2/c1-8(2)7(9(8,3)4)6-5-10(6,11)12/h5H2,1-4H3. The summed E-state index contributed by atoms with van der Waals surface area (Å²) < 4.78 is -0.514. The zero-order chi connectivity index (χ0) is 9.36. The van der Waals surface area contributed by atoms with Gasteiger partial charge in [0.2, 0.25) is 0 Å². The van der Waals surface area contributed by atoms with E-state index in [4.69, 9.17) is 23.2 Å². The van der Waals surface area contributed by atoms with E-state index in [-0.39, 0.29) is 0 Å². The highest BCUT2D eigenvalue weighted by atomic mass is 35.5. The van der Waals surface area contributed by atoms with Gasteiger partial charge in [0.25, 0.3) is 0 Å². The summed E-state index contributed by atoms with van der Waals surface area (Å²) in [5.74, 6) is 0. The van der Waals surface area contributed by atoms with E-state index in [0.29, 0.717) is 10.8 Å². The Balaban J connectivity index is 2.39. The molecule has 0 N–H and O–H groups in total. The van der Waals surface area contributed by atoms with E-state index in [1.807, 2.05) is 0 Å². The number of hydrogen-bond donors (Lipinski definition) is 0. The molecule has 12 heavy (non-hydrogen) atoms. The first-order valence-corrected chi connectivity index (χ1v) is 5.09. The van der Waals surface area contributed by atoms with Crippen molar-refractivity contribution < 1.29 is 0 Å². The van der Waals surface area contributed by atoms with Crippen LogP contribution in [0, 0.1) is 10.8 Å². The number of halogens is 2. The second-order valence-corrected chi connectivity index (χ2v) is 6.47. The molecule has 0 bridgehead atoms. The molecule has 2 aliphatic carbocycles. The summed E-state index contributed by atoms with van der Waals surface area (Å²) in [5, 5.41) is 0. The van der Waals surface area contributed by atoms with Crippen molar-refractivity contribution >= 4 is 23.2 Å². The van der Waals surface area contributed by atoms with Crippen molar-refractivity contribution in [1.29, 1.82) is 0 Å². The maximum absolute atomic E-state index is 6.00. The Labute approximate surface area is 83.9 Å². The monoisotopic (exact) mass is 204 g/mol. The third kappa shape index (κ3) is 0.858. The van der Waals surface area contributed by atoms with Crippen molar-refractivity contribution in [2.24, 2.45) is 10.8 Å². The van der Waals surface area contributed by atoms with Crippen molar-refractivity contribution in [3.05, 3.63) is 11.1 Å². The van der Waals surface area contributed by atoms with Gasteiger partial charge >= 0.3 is 0 Å². The third-order valence-corrected chi connectivity index (χ3v) is 4.49. The van der Waals surface area contributed by atoms with E-state index in [1.165, 1.54) is 11.1 Å². The Hall–Kier alpha value is 0.320. The van der Waals surface area contributed by atoms with Crippen molar-refractivity contribution in [3.8, 4) is 0 Å². The largest absolute Gasteiger partial charge is 0.143 e. The first kappa shape index (κ1) is 8.90. The van der Waals surface area contributed by atoms with Crippen LogP contribution < -0.4 is 0 Å². The molecule has 2 heteroatoms. The van der Waals surface area contributed by atoms with E-state index >= 15 is 0 Å². The fraction of sp³-hybridized carbons (Fsp3) is 0.800. The molecule has 0 spiro atoms. The lowest BCUT2D eigenvalue weighted by Crippen LogP contribution is -1.95. The van der Waals surface area contributed by atoms with Gasteiger partial charge in [-0.15, -0.1) is 0 Å². The second-order valence-electron chi connectivity index (χ2n) is 4.98. The second kappa shape index (κ2) is 1.88. The van der Waals surface area contributed by atoms with Gasteiger partial charge < -0.3 is 0 Å². The smallest absolute Gasteiger partial charge is 0.0963 e. The normalized spacial score (nSPS) is 33.5. The van der Waals surface area contributed by atoms with Crippen molar-refractivity contribution in [2.75, 3.05) is 0 Å². The van der Waals surface area contributed by atoms with Crippen LogP contribution in [-0.4, -0.2) is 4.33 Å². The average Bonchev–Trinajstić information content (AvgIpc) is 2.48. The highest BCUT2D eigenvalue weighted by molar-refractivity contribution is 6.53. The van der Waals surface area contributed by atoms with Crippen LogP contribution in [0.1, 0.15) is 34.1 Å². The molecule has 0 unspecified atom stereocenters. The first-order chi connectivity index (χ1) is 5.21. The molecule has 0 amide bonds. The topological polar surface area (TPSA) is 0 Å². The van der Waals surface area contributed by atoms with Crippen molar-refractivity contribution in [2.45, 2.75) is 38.4 Å². The molecule has 2 aliphatic rings. The van der Waals surface area contributed by atoms with Crippen LogP contribution in [0.25, 0.3) is 0 Å². The summed E-state index contributed by atoms with van der Waals surface area (Å²) in [7, 11) is 0. The van der Waals surface area contributed by atoms with Gasteiger partial charge in [-0.05, 0) is 16.4 Å². The van der Waals surface area contributed by atoms with Crippen molar-refractivity contribution in [1.82, 2.24) is 0 Å². The predicted molar refractivity (Wildman–Crippen MR) is 53.6 cm³/mol. The van der Waals surface area contributed by atoms with Crippen LogP contribution >= 0.6 is 23.2 Å². The van der Waals surface area contributed by atoms with E-state index in [0.717, 1.165) is 6.42 Å². The van der Waals surface area contributed by atoms with Gasteiger partial charge in [0, 0.05) is 6.42 Å². The lowest BCUT2D eigenvalue weighted by Gasteiger charge is -2.02. The van der Waals surface area contributed by atoms with Gasteiger partial charge in [0.1, 0.15) is 4.33 Å². The molecule has 0 aromatic heterocycles. The quantitative estimate of drug-likeness (QED) is 0.415. The molecule has 68 valence electrons. The molecule has 0 aromatic carbocycles. The van der Waals surface area contributed by atoms with Crippen LogP contribution in [-0.2, 0) is 0 Å². The minimum atomic E-state index is -0.514. The summed E-state index contributed by atoms with van der Waals surface area (Å²) in [6.07, 6.45) is 0.873. The molecule has 0 atom stereocenters. The zero-order valence-electron chi connectivity index (χ0n) is 7.96. The Kier molecular flexibility index (Phi) is 1.39. The highest BCUT2D eigenvalue weighted by Gasteiger charge is 2.66. The molecule has 0 saturated heterocycles. The number of alkyl halides is 2. The van der Waals surface area contributed by atoms with Crippen LogP contribution in [0.3, 0.4) is 0 Å². The molecule has 2 fully saturated rings. The van der Waals surface area contributed by atoms with Crippen LogP contribution in [0.5, 0.6) is 0 Å². The SMILES string of the molecule is CC1(C)C(=C2CC2(Cl)Cl)C1(C)C.